The Balaban J connectivity index is 2.04. The third-order valence-electron chi connectivity index (χ3n) is 2.89. The van der Waals surface area contributed by atoms with E-state index in [9.17, 15) is 0 Å². The maximum absolute atomic E-state index is 4.56. The minimum atomic E-state index is 0.519. The molecule has 0 atom stereocenters. The van der Waals surface area contributed by atoms with E-state index in [4.69, 9.17) is 0 Å². The molecule has 3 rings (SSSR count). The molecule has 0 aliphatic heterocycles. The average Bonchev–Trinajstić information content (AvgIpc) is 2.98. The monoisotopic (exact) mass is 335 g/mol. The van der Waals surface area contributed by atoms with Gasteiger partial charge in [-0.15, -0.1) is 0 Å². The zero-order valence-electron chi connectivity index (χ0n) is 11.2. The quantitative estimate of drug-likeness (QED) is 0.787. The smallest absolute Gasteiger partial charge is 0.163 e. The van der Waals surface area contributed by atoms with Crippen LogP contribution in [0.2, 0.25) is 0 Å². The molecule has 0 aliphatic rings. The maximum Gasteiger partial charge on any atom is 0.163 e. The van der Waals surface area contributed by atoms with Crippen LogP contribution in [0.5, 0.6) is 0 Å². The Kier molecular flexibility index (Phi) is 3.39. The maximum atomic E-state index is 4.56. The summed E-state index contributed by atoms with van der Waals surface area (Å²) in [7, 11) is 1.87. The Morgan fingerprint density at radius 1 is 1.25 bits per heavy atom. The first-order valence-electron chi connectivity index (χ1n) is 6.28. The van der Waals surface area contributed by atoms with E-state index in [1.807, 2.05) is 20.2 Å². The highest BCUT2D eigenvalue weighted by atomic mass is 79.9. The summed E-state index contributed by atoms with van der Waals surface area (Å²) in [5, 5.41) is 12.6. The van der Waals surface area contributed by atoms with Gasteiger partial charge in [-0.2, -0.15) is 10.2 Å². The molecule has 0 saturated heterocycles. The third-order valence-corrected chi connectivity index (χ3v) is 3.30. The molecular weight excluding hydrogens is 322 g/mol. The fourth-order valence-electron chi connectivity index (χ4n) is 2.01. The molecule has 7 nitrogen and oxygen atoms in total. The van der Waals surface area contributed by atoms with Crippen molar-refractivity contribution in [3.8, 4) is 0 Å². The van der Waals surface area contributed by atoms with Crippen LogP contribution in [0.4, 0.5) is 5.82 Å². The Bertz CT molecular complexity index is 745. The van der Waals surface area contributed by atoms with Gasteiger partial charge in [-0.05, 0) is 22.9 Å². The number of hydrogen-bond acceptors (Lipinski definition) is 5. The molecule has 0 bridgehead atoms. The van der Waals surface area contributed by atoms with Crippen molar-refractivity contribution in [1.29, 1.82) is 0 Å². The Morgan fingerprint density at radius 3 is 2.80 bits per heavy atom. The normalized spacial score (nSPS) is 11.2. The van der Waals surface area contributed by atoms with E-state index in [-0.39, 0.29) is 0 Å². The summed E-state index contributed by atoms with van der Waals surface area (Å²) in [6.07, 6.45) is 5.42. The molecule has 0 aromatic carbocycles. The molecule has 0 aliphatic carbocycles. The van der Waals surface area contributed by atoms with Gasteiger partial charge >= 0.3 is 0 Å². The standard InChI is InChI=1S/C12H14BrN7/c1-3-14-11-9-5-15-19(2)12(9)18-10(17-11)7-20-6-8(13)4-16-20/h4-6H,3,7H2,1-2H3,(H,14,17,18). The highest BCUT2D eigenvalue weighted by Crippen LogP contribution is 2.19. The first-order valence-corrected chi connectivity index (χ1v) is 7.07. The minimum absolute atomic E-state index is 0.519. The van der Waals surface area contributed by atoms with Crippen molar-refractivity contribution in [2.45, 2.75) is 13.5 Å². The second-order valence-corrected chi connectivity index (χ2v) is 5.30. The van der Waals surface area contributed by atoms with Gasteiger partial charge < -0.3 is 5.32 Å². The molecule has 104 valence electrons. The lowest BCUT2D eigenvalue weighted by Crippen LogP contribution is -2.09. The van der Waals surface area contributed by atoms with Gasteiger partial charge in [0.1, 0.15) is 12.4 Å². The zero-order valence-corrected chi connectivity index (χ0v) is 12.8. The van der Waals surface area contributed by atoms with Crippen molar-refractivity contribution < 1.29 is 0 Å². The molecule has 0 amide bonds. The number of aromatic nitrogens is 6. The number of nitrogens with zero attached hydrogens (tertiary/aromatic N) is 6. The van der Waals surface area contributed by atoms with Crippen LogP contribution in [-0.4, -0.2) is 36.1 Å². The lowest BCUT2D eigenvalue weighted by Gasteiger charge is -2.07. The predicted molar refractivity (Wildman–Crippen MR) is 79.5 cm³/mol. The Hall–Kier alpha value is -1.96. The van der Waals surface area contributed by atoms with Crippen molar-refractivity contribution in [1.82, 2.24) is 29.5 Å². The van der Waals surface area contributed by atoms with Gasteiger partial charge in [0.15, 0.2) is 11.5 Å². The molecule has 3 heterocycles. The number of rotatable bonds is 4. The number of aryl methyl sites for hydroxylation is 1. The van der Waals surface area contributed by atoms with Gasteiger partial charge in [-0.25, -0.2) is 9.97 Å². The van der Waals surface area contributed by atoms with E-state index in [1.54, 1.807) is 21.8 Å². The molecule has 0 spiro atoms. The first-order chi connectivity index (χ1) is 9.67. The lowest BCUT2D eigenvalue weighted by atomic mass is 10.3. The van der Waals surface area contributed by atoms with Crippen LogP contribution in [0.3, 0.4) is 0 Å². The van der Waals surface area contributed by atoms with Gasteiger partial charge in [0.2, 0.25) is 0 Å². The highest BCUT2D eigenvalue weighted by Gasteiger charge is 2.11. The van der Waals surface area contributed by atoms with Crippen LogP contribution in [0.1, 0.15) is 12.7 Å². The number of anilines is 1. The largest absolute Gasteiger partial charge is 0.370 e. The fourth-order valence-corrected chi connectivity index (χ4v) is 2.34. The van der Waals surface area contributed by atoms with Crippen molar-refractivity contribution in [3.63, 3.8) is 0 Å². The summed E-state index contributed by atoms with van der Waals surface area (Å²) in [6.45, 7) is 3.35. The number of nitrogens with one attached hydrogen (secondary N) is 1. The molecule has 20 heavy (non-hydrogen) atoms. The van der Waals surface area contributed by atoms with E-state index in [1.165, 1.54) is 0 Å². The van der Waals surface area contributed by atoms with Gasteiger partial charge in [0.05, 0.1) is 22.3 Å². The lowest BCUT2D eigenvalue weighted by molar-refractivity contribution is 0.655. The van der Waals surface area contributed by atoms with Crippen LogP contribution in [0, 0.1) is 0 Å². The van der Waals surface area contributed by atoms with Crippen LogP contribution < -0.4 is 5.32 Å². The van der Waals surface area contributed by atoms with E-state index < -0.39 is 0 Å². The van der Waals surface area contributed by atoms with Crippen LogP contribution in [0.15, 0.2) is 23.1 Å². The third kappa shape index (κ3) is 2.38. The number of fused-ring (bicyclic) bond motifs is 1. The summed E-state index contributed by atoms with van der Waals surface area (Å²) < 4.78 is 4.48. The summed E-state index contributed by atoms with van der Waals surface area (Å²) in [5.74, 6) is 1.51. The molecule has 0 saturated carbocycles. The molecule has 8 heteroatoms. The van der Waals surface area contributed by atoms with Gasteiger partial charge in [-0.1, -0.05) is 0 Å². The van der Waals surface area contributed by atoms with E-state index in [2.05, 4.69) is 41.4 Å². The van der Waals surface area contributed by atoms with Crippen LogP contribution in [-0.2, 0) is 13.6 Å². The van der Waals surface area contributed by atoms with E-state index in [0.29, 0.717) is 12.4 Å². The average molecular weight is 336 g/mol. The topological polar surface area (TPSA) is 73.5 Å². The van der Waals surface area contributed by atoms with Crippen LogP contribution in [0.25, 0.3) is 11.0 Å². The second kappa shape index (κ2) is 5.20. The summed E-state index contributed by atoms with van der Waals surface area (Å²) in [5.41, 5.74) is 0.817. The van der Waals surface area contributed by atoms with Crippen molar-refractivity contribution in [2.75, 3.05) is 11.9 Å². The highest BCUT2D eigenvalue weighted by molar-refractivity contribution is 9.10. The Labute approximate surface area is 124 Å². The SMILES string of the molecule is CCNc1nc(Cn2cc(Br)cn2)nc2c1cnn2C. The Morgan fingerprint density at radius 2 is 2.10 bits per heavy atom. The molecule has 3 aromatic rings. The van der Waals surface area contributed by atoms with Gasteiger partial charge in [0, 0.05) is 19.8 Å². The molecule has 0 radical (unpaired) electrons. The second-order valence-electron chi connectivity index (χ2n) is 4.38. The first kappa shape index (κ1) is 13.0. The predicted octanol–water partition coefficient (Wildman–Crippen LogP) is 1.80. The van der Waals surface area contributed by atoms with Crippen molar-refractivity contribution in [2.24, 2.45) is 7.05 Å². The van der Waals surface area contributed by atoms with Crippen LogP contribution >= 0.6 is 15.9 Å². The summed E-state index contributed by atoms with van der Waals surface area (Å²) in [4.78, 5) is 9.11. The summed E-state index contributed by atoms with van der Waals surface area (Å²) in [6, 6.07) is 0. The molecule has 3 aromatic heterocycles. The van der Waals surface area contributed by atoms with Crippen molar-refractivity contribution in [3.05, 3.63) is 28.9 Å². The molecule has 0 fully saturated rings. The number of hydrogen-bond donors (Lipinski definition) is 1. The summed E-state index contributed by atoms with van der Waals surface area (Å²) >= 11 is 3.38. The minimum Gasteiger partial charge on any atom is -0.370 e. The van der Waals surface area contributed by atoms with Gasteiger partial charge in [0.25, 0.3) is 0 Å². The fraction of sp³-hybridized carbons (Fsp3) is 0.333. The van der Waals surface area contributed by atoms with E-state index in [0.717, 1.165) is 27.9 Å². The molecule has 1 N–H and O–H groups in total. The number of halogens is 1. The molecular formula is C12H14BrN7. The van der Waals surface area contributed by atoms with E-state index >= 15 is 0 Å². The van der Waals surface area contributed by atoms with Gasteiger partial charge in [-0.3, -0.25) is 9.36 Å². The van der Waals surface area contributed by atoms with Crippen molar-refractivity contribution >= 4 is 32.8 Å². The molecule has 0 unspecified atom stereocenters. The zero-order chi connectivity index (χ0) is 14.1.